The number of ether oxygens (including phenoxy) is 1. The van der Waals surface area contributed by atoms with Gasteiger partial charge in [-0.15, -0.1) is 0 Å². The van der Waals surface area contributed by atoms with Gasteiger partial charge in [0.25, 0.3) is 0 Å². The molecule has 0 saturated carbocycles. The van der Waals surface area contributed by atoms with Crippen molar-refractivity contribution in [2.45, 2.75) is 11.8 Å². The van der Waals surface area contributed by atoms with Crippen molar-refractivity contribution in [1.29, 1.82) is 0 Å². The van der Waals surface area contributed by atoms with Crippen molar-refractivity contribution in [1.82, 2.24) is 0 Å². The van der Waals surface area contributed by atoms with Crippen LogP contribution in [0.4, 0.5) is 0 Å². The molecule has 110 valence electrons. The Bertz CT molecular complexity index is 782. The highest BCUT2D eigenvalue weighted by molar-refractivity contribution is 7.89. The molecule has 2 rings (SSSR count). The fourth-order valence-corrected chi connectivity index (χ4v) is 2.29. The number of carboxylic acid groups (broad SMARTS) is 1. The first-order chi connectivity index (χ1) is 9.79. The summed E-state index contributed by atoms with van der Waals surface area (Å²) < 4.78 is 27.9. The molecule has 0 fully saturated rings. The van der Waals surface area contributed by atoms with Gasteiger partial charge in [0.05, 0.1) is 4.90 Å². The molecule has 21 heavy (non-hydrogen) atoms. The Balaban J connectivity index is 2.37. The number of benzene rings is 2. The van der Waals surface area contributed by atoms with Gasteiger partial charge in [-0.2, -0.15) is 0 Å². The van der Waals surface area contributed by atoms with E-state index in [0.717, 1.165) is 0 Å². The lowest BCUT2D eigenvalue weighted by Gasteiger charge is -2.11. The van der Waals surface area contributed by atoms with Crippen LogP contribution < -0.4 is 9.88 Å². The maximum Gasteiger partial charge on any atom is 0.339 e. The van der Waals surface area contributed by atoms with Crippen LogP contribution in [0.1, 0.15) is 15.9 Å². The first-order valence-corrected chi connectivity index (χ1v) is 7.47. The summed E-state index contributed by atoms with van der Waals surface area (Å²) in [5.41, 5.74) is 0.691. The summed E-state index contributed by atoms with van der Waals surface area (Å²) in [4.78, 5) is 11.1. The van der Waals surface area contributed by atoms with E-state index in [0.29, 0.717) is 11.3 Å². The van der Waals surface area contributed by atoms with Crippen molar-refractivity contribution in [3.8, 4) is 11.5 Å². The highest BCUT2D eigenvalue weighted by atomic mass is 32.2. The van der Waals surface area contributed by atoms with Gasteiger partial charge in [0.2, 0.25) is 10.0 Å². The maximum absolute atomic E-state index is 11.2. The molecular weight excluding hydrogens is 294 g/mol. The number of aromatic carboxylic acids is 1. The largest absolute Gasteiger partial charge is 0.478 e. The van der Waals surface area contributed by atoms with Crippen LogP contribution in [-0.2, 0) is 10.0 Å². The molecule has 0 aromatic heterocycles. The Hall–Kier alpha value is -2.38. The average Bonchev–Trinajstić information content (AvgIpc) is 2.40. The molecule has 0 bridgehead atoms. The monoisotopic (exact) mass is 307 g/mol. The van der Waals surface area contributed by atoms with Gasteiger partial charge < -0.3 is 9.84 Å². The summed E-state index contributed by atoms with van der Waals surface area (Å²) in [6, 6.07) is 10.2. The normalized spacial score (nSPS) is 11.1. The first kappa shape index (κ1) is 15.0. The van der Waals surface area contributed by atoms with E-state index >= 15 is 0 Å². The highest BCUT2D eigenvalue weighted by Gasteiger charge is 2.14. The zero-order valence-electron chi connectivity index (χ0n) is 11.1. The number of carbonyl (C=O) groups is 1. The van der Waals surface area contributed by atoms with Crippen molar-refractivity contribution in [2.24, 2.45) is 5.14 Å². The topological polar surface area (TPSA) is 107 Å². The third kappa shape index (κ3) is 3.39. The zero-order valence-corrected chi connectivity index (χ0v) is 11.9. The van der Waals surface area contributed by atoms with Crippen LogP contribution >= 0.6 is 0 Å². The molecule has 0 heterocycles. The Morgan fingerprint density at radius 2 is 1.76 bits per heavy atom. The van der Waals surface area contributed by atoms with Gasteiger partial charge in [0, 0.05) is 0 Å². The number of aryl methyl sites for hydroxylation is 1. The summed E-state index contributed by atoms with van der Waals surface area (Å²) in [5, 5.41) is 14.1. The Labute approximate surface area is 121 Å². The molecular formula is C14H13NO5S. The molecule has 3 N–H and O–H groups in total. The predicted molar refractivity (Wildman–Crippen MR) is 76.0 cm³/mol. The lowest BCUT2D eigenvalue weighted by molar-refractivity contribution is 0.0694. The standard InChI is InChI=1S/C14H13NO5S/c1-9-3-2-4-12(14(16)17)13(9)20-10-5-7-11(8-6-10)21(15,18)19/h2-8H,1H3,(H,16,17)(H2,15,18,19). The lowest BCUT2D eigenvalue weighted by Crippen LogP contribution is -2.11. The second-order valence-corrected chi connectivity index (χ2v) is 5.94. The number of nitrogens with two attached hydrogens (primary N) is 1. The molecule has 0 aliphatic rings. The van der Waals surface area contributed by atoms with E-state index in [1.807, 2.05) is 0 Å². The van der Waals surface area contributed by atoms with Gasteiger partial charge in [-0.05, 0) is 42.8 Å². The second-order valence-electron chi connectivity index (χ2n) is 4.38. The summed E-state index contributed by atoms with van der Waals surface area (Å²) in [7, 11) is -3.77. The van der Waals surface area contributed by atoms with Gasteiger partial charge in [0.15, 0.2) is 0 Å². The SMILES string of the molecule is Cc1cccc(C(=O)O)c1Oc1ccc(S(N)(=O)=O)cc1. The molecule has 2 aromatic rings. The van der Waals surface area contributed by atoms with Crippen LogP contribution in [0, 0.1) is 6.92 Å². The molecule has 6 nitrogen and oxygen atoms in total. The number of carboxylic acids is 1. The summed E-state index contributed by atoms with van der Waals surface area (Å²) in [6.07, 6.45) is 0. The number of para-hydroxylation sites is 1. The van der Waals surface area contributed by atoms with Crippen LogP contribution in [0.3, 0.4) is 0 Å². The van der Waals surface area contributed by atoms with Crippen LogP contribution in [0.15, 0.2) is 47.4 Å². The van der Waals surface area contributed by atoms with E-state index in [4.69, 9.17) is 15.0 Å². The van der Waals surface area contributed by atoms with E-state index in [2.05, 4.69) is 0 Å². The molecule has 2 aromatic carbocycles. The first-order valence-electron chi connectivity index (χ1n) is 5.92. The van der Waals surface area contributed by atoms with E-state index in [1.54, 1.807) is 19.1 Å². The Morgan fingerprint density at radius 1 is 1.14 bits per heavy atom. The van der Waals surface area contributed by atoms with E-state index in [9.17, 15) is 13.2 Å². The minimum Gasteiger partial charge on any atom is -0.478 e. The van der Waals surface area contributed by atoms with Gasteiger partial charge in [-0.25, -0.2) is 18.4 Å². The molecule has 7 heteroatoms. The molecule has 0 unspecified atom stereocenters. The van der Waals surface area contributed by atoms with Crippen molar-refractivity contribution in [2.75, 3.05) is 0 Å². The summed E-state index contributed by atoms with van der Waals surface area (Å²) >= 11 is 0. The Kier molecular flexibility index (Phi) is 3.97. The fourth-order valence-electron chi connectivity index (χ4n) is 1.77. The number of sulfonamides is 1. The van der Waals surface area contributed by atoms with Gasteiger partial charge in [-0.3, -0.25) is 0 Å². The number of rotatable bonds is 4. The van der Waals surface area contributed by atoms with Gasteiger partial charge >= 0.3 is 5.97 Å². The summed E-state index contributed by atoms with van der Waals surface area (Å²) in [5.74, 6) is -0.567. The van der Waals surface area contributed by atoms with E-state index < -0.39 is 16.0 Å². The van der Waals surface area contributed by atoms with E-state index in [1.165, 1.54) is 30.3 Å². The van der Waals surface area contributed by atoms with E-state index in [-0.39, 0.29) is 16.2 Å². The van der Waals surface area contributed by atoms with Gasteiger partial charge in [-0.1, -0.05) is 12.1 Å². The minimum absolute atomic E-state index is 0.0329. The van der Waals surface area contributed by atoms with Crippen molar-refractivity contribution in [3.05, 3.63) is 53.6 Å². The number of primary sulfonamides is 1. The van der Waals surface area contributed by atoms with Gasteiger partial charge in [0.1, 0.15) is 17.1 Å². The molecule has 0 saturated heterocycles. The van der Waals surface area contributed by atoms with Crippen molar-refractivity contribution < 1.29 is 23.1 Å². The predicted octanol–water partition coefficient (Wildman–Crippen LogP) is 2.13. The third-order valence-corrected chi connectivity index (χ3v) is 3.74. The minimum atomic E-state index is -3.77. The molecule has 0 radical (unpaired) electrons. The third-order valence-electron chi connectivity index (χ3n) is 2.81. The molecule has 0 atom stereocenters. The smallest absolute Gasteiger partial charge is 0.339 e. The lowest BCUT2D eigenvalue weighted by atomic mass is 10.1. The van der Waals surface area contributed by atoms with Crippen LogP contribution in [-0.4, -0.2) is 19.5 Å². The maximum atomic E-state index is 11.2. The van der Waals surface area contributed by atoms with Crippen molar-refractivity contribution >= 4 is 16.0 Å². The van der Waals surface area contributed by atoms with Crippen molar-refractivity contribution in [3.63, 3.8) is 0 Å². The molecule has 0 aliphatic heterocycles. The van der Waals surface area contributed by atoms with Crippen LogP contribution in [0.5, 0.6) is 11.5 Å². The quantitative estimate of drug-likeness (QED) is 0.899. The molecule has 0 aliphatic carbocycles. The Morgan fingerprint density at radius 3 is 2.29 bits per heavy atom. The zero-order chi connectivity index (χ0) is 15.6. The number of hydrogen-bond donors (Lipinski definition) is 2. The summed E-state index contributed by atoms with van der Waals surface area (Å²) in [6.45, 7) is 1.72. The average molecular weight is 307 g/mol. The molecule has 0 amide bonds. The highest BCUT2D eigenvalue weighted by Crippen LogP contribution is 2.29. The van der Waals surface area contributed by atoms with Crippen LogP contribution in [0.2, 0.25) is 0 Å². The second kappa shape index (κ2) is 5.55. The van der Waals surface area contributed by atoms with Crippen LogP contribution in [0.25, 0.3) is 0 Å². The number of hydrogen-bond acceptors (Lipinski definition) is 4. The molecule has 0 spiro atoms. The fraction of sp³-hybridized carbons (Fsp3) is 0.0714.